The Morgan fingerprint density at radius 2 is 1.79 bits per heavy atom. The van der Waals surface area contributed by atoms with Gasteiger partial charge in [0.25, 0.3) is 5.91 Å². The number of hydrogen-bond acceptors (Lipinski definition) is 3. The van der Waals surface area contributed by atoms with E-state index in [4.69, 9.17) is 4.74 Å². The summed E-state index contributed by atoms with van der Waals surface area (Å²) in [5.41, 5.74) is 4.98. The van der Waals surface area contributed by atoms with Crippen molar-refractivity contribution in [3.63, 3.8) is 0 Å². The molecule has 0 aromatic heterocycles. The SMILES string of the molecule is CCN1CCN(C(=O)c2ccc(-c3cc(C)c(OC)cc3C)cc2)[C@@H](C)C1=O. The molecule has 0 bridgehead atoms. The number of ether oxygens (including phenoxy) is 1. The van der Waals surface area contributed by atoms with Gasteiger partial charge in [-0.25, -0.2) is 0 Å². The van der Waals surface area contributed by atoms with Gasteiger partial charge in [0.05, 0.1) is 7.11 Å². The van der Waals surface area contributed by atoms with Gasteiger partial charge in [0.1, 0.15) is 11.8 Å². The van der Waals surface area contributed by atoms with E-state index in [9.17, 15) is 9.59 Å². The standard InChI is InChI=1S/C23H28N2O3/c1-6-24-11-12-25(17(4)22(24)26)23(27)19-9-7-18(8-10-19)20-13-16(3)21(28-5)14-15(20)2/h7-10,13-14,17H,6,11-12H2,1-5H3/t17-/m0/s1. The van der Waals surface area contributed by atoms with E-state index in [1.54, 1.807) is 23.8 Å². The Balaban J connectivity index is 1.82. The summed E-state index contributed by atoms with van der Waals surface area (Å²) in [6.45, 7) is 9.68. The Labute approximate surface area is 166 Å². The van der Waals surface area contributed by atoms with Crippen molar-refractivity contribution in [3.05, 3.63) is 53.1 Å². The molecule has 1 heterocycles. The van der Waals surface area contributed by atoms with Crippen molar-refractivity contribution in [1.82, 2.24) is 9.80 Å². The lowest BCUT2D eigenvalue weighted by molar-refractivity contribution is -0.139. The van der Waals surface area contributed by atoms with Crippen LogP contribution in [0.25, 0.3) is 11.1 Å². The third-order valence-electron chi connectivity index (χ3n) is 5.57. The fourth-order valence-corrected chi connectivity index (χ4v) is 3.80. The average Bonchev–Trinajstić information content (AvgIpc) is 2.71. The molecule has 2 aromatic rings. The van der Waals surface area contributed by atoms with Crippen molar-refractivity contribution < 1.29 is 14.3 Å². The van der Waals surface area contributed by atoms with Crippen LogP contribution in [-0.4, -0.2) is 54.4 Å². The van der Waals surface area contributed by atoms with Crippen LogP contribution in [0.4, 0.5) is 0 Å². The van der Waals surface area contributed by atoms with Gasteiger partial charge in [-0.2, -0.15) is 0 Å². The monoisotopic (exact) mass is 380 g/mol. The van der Waals surface area contributed by atoms with Crippen LogP contribution in [0, 0.1) is 13.8 Å². The molecule has 0 unspecified atom stereocenters. The zero-order chi connectivity index (χ0) is 20.4. The molecule has 28 heavy (non-hydrogen) atoms. The molecular weight excluding hydrogens is 352 g/mol. The number of nitrogens with zero attached hydrogens (tertiary/aromatic N) is 2. The molecule has 0 saturated carbocycles. The lowest BCUT2D eigenvalue weighted by Crippen LogP contribution is -2.57. The number of carbonyl (C=O) groups excluding carboxylic acids is 2. The largest absolute Gasteiger partial charge is 0.496 e. The van der Waals surface area contributed by atoms with Crippen molar-refractivity contribution in [2.45, 2.75) is 33.7 Å². The predicted octanol–water partition coefficient (Wildman–Crippen LogP) is 3.67. The molecule has 1 fully saturated rings. The maximum atomic E-state index is 12.9. The summed E-state index contributed by atoms with van der Waals surface area (Å²) in [6.07, 6.45) is 0. The molecule has 0 N–H and O–H groups in total. The molecule has 0 radical (unpaired) electrons. The third kappa shape index (κ3) is 3.61. The van der Waals surface area contributed by atoms with Crippen molar-refractivity contribution in [3.8, 4) is 16.9 Å². The summed E-state index contributed by atoms with van der Waals surface area (Å²) in [4.78, 5) is 28.8. The molecule has 2 amide bonds. The number of piperazine rings is 1. The minimum Gasteiger partial charge on any atom is -0.496 e. The van der Waals surface area contributed by atoms with E-state index in [-0.39, 0.29) is 11.8 Å². The average molecular weight is 380 g/mol. The molecule has 1 aliphatic heterocycles. The van der Waals surface area contributed by atoms with Gasteiger partial charge in [0.15, 0.2) is 0 Å². The molecule has 0 aliphatic carbocycles. The van der Waals surface area contributed by atoms with E-state index in [1.165, 1.54) is 0 Å². The molecule has 0 spiro atoms. The molecule has 2 aromatic carbocycles. The maximum absolute atomic E-state index is 12.9. The second-order valence-corrected chi connectivity index (χ2v) is 7.31. The smallest absolute Gasteiger partial charge is 0.254 e. The third-order valence-corrected chi connectivity index (χ3v) is 5.57. The fourth-order valence-electron chi connectivity index (χ4n) is 3.80. The lowest BCUT2D eigenvalue weighted by atomic mass is 9.96. The number of methoxy groups -OCH3 is 1. The summed E-state index contributed by atoms with van der Waals surface area (Å²) in [6, 6.07) is 11.3. The van der Waals surface area contributed by atoms with Crippen molar-refractivity contribution in [1.29, 1.82) is 0 Å². The topological polar surface area (TPSA) is 49.9 Å². The second kappa shape index (κ2) is 8.05. The van der Waals surface area contributed by atoms with Crippen LogP contribution in [0.2, 0.25) is 0 Å². The number of aryl methyl sites for hydroxylation is 2. The highest BCUT2D eigenvalue weighted by Crippen LogP contribution is 2.30. The Hall–Kier alpha value is -2.82. The zero-order valence-corrected chi connectivity index (χ0v) is 17.3. The van der Waals surface area contributed by atoms with E-state index in [0.717, 1.165) is 28.0 Å². The van der Waals surface area contributed by atoms with Crippen LogP contribution >= 0.6 is 0 Å². The van der Waals surface area contributed by atoms with Gasteiger partial charge >= 0.3 is 0 Å². The highest BCUT2D eigenvalue weighted by molar-refractivity contribution is 5.98. The first-order chi connectivity index (χ1) is 13.4. The second-order valence-electron chi connectivity index (χ2n) is 7.31. The van der Waals surface area contributed by atoms with Crippen LogP contribution < -0.4 is 4.74 Å². The first-order valence-electron chi connectivity index (χ1n) is 9.72. The summed E-state index contributed by atoms with van der Waals surface area (Å²) >= 11 is 0. The number of hydrogen-bond donors (Lipinski definition) is 0. The van der Waals surface area contributed by atoms with Crippen molar-refractivity contribution in [2.75, 3.05) is 26.7 Å². The summed E-state index contributed by atoms with van der Waals surface area (Å²) in [7, 11) is 1.67. The first kappa shape index (κ1) is 19.9. The molecule has 5 heteroatoms. The summed E-state index contributed by atoms with van der Waals surface area (Å²) < 4.78 is 5.39. The van der Waals surface area contributed by atoms with Crippen LogP contribution in [-0.2, 0) is 4.79 Å². The van der Waals surface area contributed by atoms with Gasteiger partial charge in [-0.1, -0.05) is 12.1 Å². The van der Waals surface area contributed by atoms with Crippen molar-refractivity contribution in [2.24, 2.45) is 0 Å². The van der Waals surface area contributed by atoms with Gasteiger partial charge in [-0.15, -0.1) is 0 Å². The van der Waals surface area contributed by atoms with Crippen LogP contribution in [0.15, 0.2) is 36.4 Å². The molecule has 148 valence electrons. The molecule has 1 aliphatic rings. The summed E-state index contributed by atoms with van der Waals surface area (Å²) in [5.74, 6) is 0.798. The maximum Gasteiger partial charge on any atom is 0.254 e. The van der Waals surface area contributed by atoms with E-state index in [2.05, 4.69) is 13.0 Å². The van der Waals surface area contributed by atoms with E-state index >= 15 is 0 Å². The number of carbonyl (C=O) groups is 2. The minimum atomic E-state index is -0.424. The van der Waals surface area contributed by atoms with Crippen molar-refractivity contribution >= 4 is 11.8 Å². The molecular formula is C23H28N2O3. The number of rotatable bonds is 4. The lowest BCUT2D eigenvalue weighted by Gasteiger charge is -2.38. The van der Waals surface area contributed by atoms with Crippen LogP contribution in [0.3, 0.4) is 0 Å². The van der Waals surface area contributed by atoms with E-state index in [0.29, 0.717) is 25.2 Å². The van der Waals surface area contributed by atoms with Crippen LogP contribution in [0.5, 0.6) is 5.75 Å². The Kier molecular flexibility index (Phi) is 5.73. The normalized spacial score (nSPS) is 17.0. The number of amides is 2. The zero-order valence-electron chi connectivity index (χ0n) is 17.3. The fraction of sp³-hybridized carbons (Fsp3) is 0.391. The Bertz CT molecular complexity index is 889. The van der Waals surface area contributed by atoms with Gasteiger partial charge in [0, 0.05) is 25.2 Å². The molecule has 5 nitrogen and oxygen atoms in total. The minimum absolute atomic E-state index is 0.0167. The Morgan fingerprint density at radius 3 is 2.39 bits per heavy atom. The number of benzene rings is 2. The highest BCUT2D eigenvalue weighted by atomic mass is 16.5. The first-order valence-corrected chi connectivity index (χ1v) is 9.72. The quantitative estimate of drug-likeness (QED) is 0.813. The van der Waals surface area contributed by atoms with Gasteiger partial charge < -0.3 is 14.5 Å². The van der Waals surface area contributed by atoms with Gasteiger partial charge in [-0.05, 0) is 74.2 Å². The Morgan fingerprint density at radius 1 is 1.11 bits per heavy atom. The summed E-state index contributed by atoms with van der Waals surface area (Å²) in [5, 5.41) is 0. The number of likely N-dealkylation sites (N-methyl/N-ethyl adjacent to an activating group) is 1. The van der Waals surface area contributed by atoms with Gasteiger partial charge in [-0.3, -0.25) is 9.59 Å². The van der Waals surface area contributed by atoms with E-state index < -0.39 is 6.04 Å². The van der Waals surface area contributed by atoms with Crippen LogP contribution in [0.1, 0.15) is 35.3 Å². The van der Waals surface area contributed by atoms with E-state index in [1.807, 2.05) is 44.2 Å². The molecule has 1 saturated heterocycles. The highest BCUT2D eigenvalue weighted by Gasteiger charge is 2.33. The van der Waals surface area contributed by atoms with Gasteiger partial charge in [0.2, 0.25) is 5.91 Å². The molecule has 1 atom stereocenters. The molecule has 3 rings (SSSR count). The predicted molar refractivity (Wildman–Crippen MR) is 111 cm³/mol.